The Labute approximate surface area is 193 Å². The minimum absolute atomic E-state index is 0.0989. The highest BCUT2D eigenvalue weighted by Gasteiger charge is 2.48. The Kier molecular flexibility index (Phi) is 5.95. The fourth-order valence-corrected chi connectivity index (χ4v) is 3.87. The molecule has 1 aliphatic rings. The van der Waals surface area contributed by atoms with Crippen molar-refractivity contribution in [2.45, 2.75) is 19.9 Å². The van der Waals surface area contributed by atoms with E-state index in [2.05, 4.69) is 5.16 Å². The van der Waals surface area contributed by atoms with Gasteiger partial charge in [-0.3, -0.25) is 14.5 Å². The summed E-state index contributed by atoms with van der Waals surface area (Å²) in [5, 5.41) is 15.5. The molecule has 4 rings (SSSR count). The molecule has 3 aromatic rings. The van der Waals surface area contributed by atoms with Crippen LogP contribution in [0.5, 0.6) is 5.75 Å². The second-order valence-corrected chi connectivity index (χ2v) is 7.91. The summed E-state index contributed by atoms with van der Waals surface area (Å²) in [5.74, 6) is -0.809. The Hall–Kier alpha value is -3.29. The van der Waals surface area contributed by atoms with Gasteiger partial charge in [0, 0.05) is 11.6 Å². The third-order valence-electron chi connectivity index (χ3n) is 5.00. The van der Waals surface area contributed by atoms with E-state index < -0.39 is 17.7 Å². The zero-order valence-electron chi connectivity index (χ0n) is 17.1. The molecule has 164 valence electrons. The van der Waals surface area contributed by atoms with Crippen LogP contribution < -0.4 is 9.64 Å². The van der Waals surface area contributed by atoms with Gasteiger partial charge in [-0.2, -0.15) is 0 Å². The van der Waals surface area contributed by atoms with Crippen LogP contribution in [-0.4, -0.2) is 28.6 Å². The molecule has 1 unspecified atom stereocenters. The number of halogens is 2. The Balaban J connectivity index is 1.90. The van der Waals surface area contributed by atoms with Crippen molar-refractivity contribution in [3.63, 3.8) is 0 Å². The van der Waals surface area contributed by atoms with E-state index in [-0.39, 0.29) is 22.2 Å². The highest BCUT2D eigenvalue weighted by molar-refractivity contribution is 6.51. The van der Waals surface area contributed by atoms with E-state index in [4.69, 9.17) is 32.5 Å². The number of benzene rings is 2. The van der Waals surface area contributed by atoms with Crippen LogP contribution in [0.4, 0.5) is 5.82 Å². The molecule has 32 heavy (non-hydrogen) atoms. The lowest BCUT2D eigenvalue weighted by molar-refractivity contribution is -0.132. The van der Waals surface area contributed by atoms with Gasteiger partial charge in [-0.15, -0.1) is 0 Å². The lowest BCUT2D eigenvalue weighted by Gasteiger charge is -2.23. The summed E-state index contributed by atoms with van der Waals surface area (Å²) in [6.45, 7) is 4.02. The fraction of sp³-hybridized carbons (Fsp3) is 0.174. The largest absolute Gasteiger partial charge is 0.507 e. The molecule has 2 aromatic carbocycles. The van der Waals surface area contributed by atoms with Crippen LogP contribution in [0.1, 0.15) is 29.9 Å². The van der Waals surface area contributed by atoms with Gasteiger partial charge in [0.2, 0.25) is 0 Å². The molecule has 1 atom stereocenters. The van der Waals surface area contributed by atoms with Crippen LogP contribution in [0.25, 0.3) is 5.76 Å². The van der Waals surface area contributed by atoms with Crippen molar-refractivity contribution >= 4 is 46.5 Å². The van der Waals surface area contributed by atoms with Crippen LogP contribution in [-0.2, 0) is 9.59 Å². The van der Waals surface area contributed by atoms with E-state index in [1.165, 1.54) is 11.0 Å². The number of carbonyl (C=O) groups is 2. The predicted molar refractivity (Wildman–Crippen MR) is 120 cm³/mol. The van der Waals surface area contributed by atoms with E-state index in [1.807, 2.05) is 6.92 Å². The zero-order valence-corrected chi connectivity index (χ0v) is 18.6. The van der Waals surface area contributed by atoms with E-state index in [0.29, 0.717) is 34.3 Å². The lowest BCUT2D eigenvalue weighted by atomic mass is 9.95. The minimum atomic E-state index is -0.985. The first-order chi connectivity index (χ1) is 15.3. The van der Waals surface area contributed by atoms with Crippen molar-refractivity contribution in [3.05, 3.63) is 81.0 Å². The van der Waals surface area contributed by atoms with Gasteiger partial charge in [-0.1, -0.05) is 34.4 Å². The maximum atomic E-state index is 13.1. The quantitative estimate of drug-likeness (QED) is 0.307. The summed E-state index contributed by atoms with van der Waals surface area (Å²) in [5.41, 5.74) is 0.734. The highest BCUT2D eigenvalue weighted by atomic mass is 35.5. The number of aliphatic hydroxyl groups is 1. The summed E-state index contributed by atoms with van der Waals surface area (Å²) < 4.78 is 10.5. The molecule has 9 heteroatoms. The third-order valence-corrected chi connectivity index (χ3v) is 5.74. The van der Waals surface area contributed by atoms with Crippen LogP contribution >= 0.6 is 23.2 Å². The zero-order chi connectivity index (χ0) is 23.0. The molecule has 7 nitrogen and oxygen atoms in total. The van der Waals surface area contributed by atoms with Gasteiger partial charge in [-0.25, -0.2) is 0 Å². The van der Waals surface area contributed by atoms with Gasteiger partial charge in [-0.05, 0) is 55.8 Å². The molecular weight excluding hydrogens is 455 g/mol. The van der Waals surface area contributed by atoms with Crippen LogP contribution in [0.3, 0.4) is 0 Å². The molecule has 0 aliphatic carbocycles. The van der Waals surface area contributed by atoms with Gasteiger partial charge in [0.25, 0.3) is 5.78 Å². The molecule has 0 spiro atoms. The first-order valence-electron chi connectivity index (χ1n) is 9.74. The summed E-state index contributed by atoms with van der Waals surface area (Å²) in [6.07, 6.45) is 0. The van der Waals surface area contributed by atoms with E-state index >= 15 is 0 Å². The van der Waals surface area contributed by atoms with E-state index in [9.17, 15) is 14.7 Å². The van der Waals surface area contributed by atoms with Crippen molar-refractivity contribution in [2.75, 3.05) is 11.5 Å². The highest BCUT2D eigenvalue weighted by Crippen LogP contribution is 2.43. The van der Waals surface area contributed by atoms with Gasteiger partial charge in [0.05, 0.1) is 28.3 Å². The van der Waals surface area contributed by atoms with Crippen LogP contribution in [0, 0.1) is 6.92 Å². The Bertz CT molecular complexity index is 1230. The number of aliphatic hydroxyl groups excluding tert-OH is 1. The number of Topliss-reactive ketones (excluding diaryl/α,β-unsaturated/α-hetero) is 1. The van der Waals surface area contributed by atoms with Crippen molar-refractivity contribution in [1.29, 1.82) is 0 Å². The smallest absolute Gasteiger partial charge is 0.301 e. The Morgan fingerprint density at radius 2 is 1.84 bits per heavy atom. The minimum Gasteiger partial charge on any atom is -0.507 e. The standard InChI is InChI=1S/C23H18Cl2N2O5/c1-3-31-15-7-4-13(5-8-15)21(28)19-20(14-6-9-16(24)17(25)11-14)27(23(30)22(19)29)18-10-12(2)32-26-18/h4-11,20,28H,3H2,1-2H3. The van der Waals surface area contributed by atoms with Gasteiger partial charge in [0.15, 0.2) is 5.82 Å². The Morgan fingerprint density at radius 3 is 2.44 bits per heavy atom. The SMILES string of the molecule is CCOc1ccc(C(O)=C2C(=O)C(=O)N(c3cc(C)on3)C2c2ccc(Cl)c(Cl)c2)cc1. The van der Waals surface area contributed by atoms with Gasteiger partial charge >= 0.3 is 5.91 Å². The summed E-state index contributed by atoms with van der Waals surface area (Å²) in [6, 6.07) is 11.9. The van der Waals surface area contributed by atoms with E-state index in [0.717, 1.165) is 0 Å². The number of aryl methyl sites for hydroxylation is 1. The number of ketones is 1. The number of rotatable bonds is 5. The molecule has 1 aromatic heterocycles. The number of aromatic nitrogens is 1. The Morgan fingerprint density at radius 1 is 1.12 bits per heavy atom. The number of amides is 1. The number of hydrogen-bond acceptors (Lipinski definition) is 6. The molecule has 1 N–H and O–H groups in total. The molecule has 0 bridgehead atoms. The molecular formula is C23H18Cl2N2O5. The number of nitrogens with zero attached hydrogens (tertiary/aromatic N) is 2. The molecule has 1 saturated heterocycles. The van der Waals surface area contributed by atoms with Crippen molar-refractivity contribution in [2.24, 2.45) is 0 Å². The average molecular weight is 473 g/mol. The first kappa shape index (κ1) is 21.9. The van der Waals surface area contributed by atoms with E-state index in [1.54, 1.807) is 49.4 Å². The van der Waals surface area contributed by atoms with Crippen molar-refractivity contribution in [1.82, 2.24) is 5.16 Å². The van der Waals surface area contributed by atoms with Crippen molar-refractivity contribution in [3.8, 4) is 5.75 Å². The normalized spacial score (nSPS) is 17.8. The van der Waals surface area contributed by atoms with Gasteiger partial charge < -0.3 is 14.4 Å². The maximum absolute atomic E-state index is 13.1. The topological polar surface area (TPSA) is 92.9 Å². The second-order valence-electron chi connectivity index (χ2n) is 7.10. The third kappa shape index (κ3) is 3.85. The first-order valence-corrected chi connectivity index (χ1v) is 10.5. The van der Waals surface area contributed by atoms with Gasteiger partial charge in [0.1, 0.15) is 17.3 Å². The number of anilines is 1. The summed E-state index contributed by atoms with van der Waals surface area (Å²) in [4.78, 5) is 27.2. The number of hydrogen-bond donors (Lipinski definition) is 1. The molecule has 2 heterocycles. The predicted octanol–water partition coefficient (Wildman–Crippen LogP) is 5.31. The molecule has 1 amide bonds. The second kappa shape index (κ2) is 8.68. The lowest BCUT2D eigenvalue weighted by Crippen LogP contribution is -2.29. The van der Waals surface area contributed by atoms with Crippen LogP contribution in [0.15, 0.2) is 58.6 Å². The molecule has 0 saturated carbocycles. The van der Waals surface area contributed by atoms with Crippen molar-refractivity contribution < 1.29 is 24.0 Å². The molecule has 1 fully saturated rings. The number of carbonyl (C=O) groups excluding carboxylic acids is 2. The average Bonchev–Trinajstić information content (AvgIpc) is 3.31. The monoisotopic (exact) mass is 472 g/mol. The summed E-state index contributed by atoms with van der Waals surface area (Å²) in [7, 11) is 0. The molecule has 0 radical (unpaired) electrons. The summed E-state index contributed by atoms with van der Waals surface area (Å²) >= 11 is 12.3. The number of ether oxygens (including phenoxy) is 1. The molecule has 1 aliphatic heterocycles. The van der Waals surface area contributed by atoms with Crippen LogP contribution in [0.2, 0.25) is 10.0 Å². The fourth-order valence-electron chi connectivity index (χ4n) is 3.56. The maximum Gasteiger partial charge on any atom is 0.301 e.